The Bertz CT molecular complexity index is 98.9. The van der Waals surface area contributed by atoms with Gasteiger partial charge in [-0.05, 0) is 13.0 Å². The minimum atomic E-state index is 0.122. The molecule has 0 aromatic heterocycles. The maximum absolute atomic E-state index is 8.46. The first kappa shape index (κ1) is 23.9. The van der Waals surface area contributed by atoms with Crippen molar-refractivity contribution in [3.63, 3.8) is 0 Å². The molecule has 0 amide bonds. The van der Waals surface area contributed by atoms with E-state index in [1.807, 2.05) is 27.7 Å². The van der Waals surface area contributed by atoms with Crippen molar-refractivity contribution in [2.45, 2.75) is 73.1 Å². The Morgan fingerprint density at radius 1 is 0.789 bits per heavy atom. The Hall–Kier alpha value is -0.120. The first-order valence-corrected chi connectivity index (χ1v) is 8.31. The summed E-state index contributed by atoms with van der Waals surface area (Å²) in [5, 5.41) is 11.8. The molecule has 2 N–H and O–H groups in total. The quantitative estimate of drug-likeness (QED) is 0.530. The summed E-state index contributed by atoms with van der Waals surface area (Å²) in [6.45, 7) is 13.5. The van der Waals surface area contributed by atoms with Gasteiger partial charge in [-0.3, -0.25) is 0 Å². The molecule has 0 aromatic carbocycles. The average Bonchev–Trinajstić information content (AvgIpc) is 2.49. The molecule has 0 heterocycles. The fourth-order valence-corrected chi connectivity index (χ4v) is 1.47. The van der Waals surface area contributed by atoms with E-state index in [9.17, 15) is 0 Å². The topological polar surface area (TPSA) is 41.5 Å². The minimum absolute atomic E-state index is 0.122. The van der Waals surface area contributed by atoms with Crippen LogP contribution in [0.2, 0.25) is 0 Å². The van der Waals surface area contributed by atoms with Crippen molar-refractivity contribution in [2.24, 2.45) is 0 Å². The van der Waals surface area contributed by atoms with E-state index >= 15 is 0 Å². The highest BCUT2D eigenvalue weighted by molar-refractivity contribution is 4.49. The third-order valence-corrected chi connectivity index (χ3v) is 2.37. The maximum Gasteiger partial charge on any atom is 0.0698 e. The van der Waals surface area contributed by atoms with E-state index < -0.39 is 0 Å². The van der Waals surface area contributed by atoms with E-state index in [-0.39, 0.29) is 6.61 Å². The smallest absolute Gasteiger partial charge is 0.0698 e. The van der Waals surface area contributed by atoms with Crippen LogP contribution in [-0.2, 0) is 4.74 Å². The number of hydrogen-bond acceptors (Lipinski definition) is 3. The van der Waals surface area contributed by atoms with Crippen LogP contribution in [0.15, 0.2) is 0 Å². The number of aliphatic hydroxyl groups is 1. The lowest BCUT2D eigenvalue weighted by atomic mass is 10.1. The Kier molecular flexibility index (Phi) is 38.7. The summed E-state index contributed by atoms with van der Waals surface area (Å²) in [5.41, 5.74) is 0. The van der Waals surface area contributed by atoms with Crippen molar-refractivity contribution in [2.75, 3.05) is 32.9 Å². The zero-order valence-corrected chi connectivity index (χ0v) is 14.1. The molecule has 0 aliphatic carbocycles. The SMILES string of the molecule is CC.CC.CCCCCCCCNCCOCCO. The Labute approximate surface area is 122 Å². The zero-order valence-electron chi connectivity index (χ0n) is 14.1. The fourth-order valence-electron chi connectivity index (χ4n) is 1.47. The fraction of sp³-hybridized carbons (Fsp3) is 1.00. The molecule has 3 heteroatoms. The minimum Gasteiger partial charge on any atom is -0.394 e. The predicted molar refractivity (Wildman–Crippen MR) is 86.8 cm³/mol. The first-order valence-electron chi connectivity index (χ1n) is 8.31. The molecule has 0 spiro atoms. The van der Waals surface area contributed by atoms with Gasteiger partial charge in [-0.25, -0.2) is 0 Å². The van der Waals surface area contributed by atoms with Gasteiger partial charge in [-0.1, -0.05) is 66.7 Å². The average molecular weight is 277 g/mol. The van der Waals surface area contributed by atoms with E-state index in [4.69, 9.17) is 9.84 Å². The van der Waals surface area contributed by atoms with Gasteiger partial charge in [0.25, 0.3) is 0 Å². The van der Waals surface area contributed by atoms with Gasteiger partial charge in [0.1, 0.15) is 0 Å². The van der Waals surface area contributed by atoms with Crippen LogP contribution >= 0.6 is 0 Å². The number of aliphatic hydroxyl groups excluding tert-OH is 1. The van der Waals surface area contributed by atoms with Crippen molar-refractivity contribution in [3.8, 4) is 0 Å². The summed E-state index contributed by atoms with van der Waals surface area (Å²) in [4.78, 5) is 0. The van der Waals surface area contributed by atoms with Crippen LogP contribution < -0.4 is 5.32 Å². The molecule has 0 atom stereocenters. The first-order chi connectivity index (χ1) is 9.41. The second kappa shape index (κ2) is 30.7. The van der Waals surface area contributed by atoms with Crippen molar-refractivity contribution in [3.05, 3.63) is 0 Å². The lowest BCUT2D eigenvalue weighted by molar-refractivity contribution is 0.0939. The normalized spacial score (nSPS) is 9.16. The van der Waals surface area contributed by atoms with Crippen molar-refractivity contribution in [1.82, 2.24) is 5.32 Å². The van der Waals surface area contributed by atoms with Crippen LogP contribution in [0.5, 0.6) is 0 Å². The van der Waals surface area contributed by atoms with E-state index in [1.165, 1.54) is 38.5 Å². The Balaban J connectivity index is -0.000000579. The van der Waals surface area contributed by atoms with Crippen LogP contribution in [0, 0.1) is 0 Å². The standard InChI is InChI=1S/C12H27NO2.2C2H6/c1-2-3-4-5-6-7-8-13-9-11-15-12-10-14;2*1-2/h13-14H,2-12H2,1H3;2*1-2H3. The molecule has 0 rings (SSSR count). The predicted octanol–water partition coefficient (Wildman–Crippen LogP) is 4.00. The van der Waals surface area contributed by atoms with E-state index in [2.05, 4.69) is 12.2 Å². The number of hydrogen-bond donors (Lipinski definition) is 2. The Morgan fingerprint density at radius 3 is 1.95 bits per heavy atom. The van der Waals surface area contributed by atoms with Gasteiger partial charge in [0.05, 0.1) is 19.8 Å². The summed E-state index contributed by atoms with van der Waals surface area (Å²) < 4.78 is 5.13. The van der Waals surface area contributed by atoms with E-state index in [0.29, 0.717) is 13.2 Å². The summed E-state index contributed by atoms with van der Waals surface area (Å²) in [7, 11) is 0. The van der Waals surface area contributed by atoms with Gasteiger partial charge in [0, 0.05) is 6.54 Å². The second-order valence-electron chi connectivity index (χ2n) is 3.85. The number of ether oxygens (including phenoxy) is 1. The molecule has 0 saturated heterocycles. The number of nitrogens with one attached hydrogen (secondary N) is 1. The highest BCUT2D eigenvalue weighted by atomic mass is 16.5. The van der Waals surface area contributed by atoms with Gasteiger partial charge < -0.3 is 15.2 Å². The molecule has 120 valence electrons. The summed E-state index contributed by atoms with van der Waals surface area (Å²) in [6, 6.07) is 0. The molecule has 0 bridgehead atoms. The molecule has 0 aliphatic heterocycles. The molecule has 0 saturated carbocycles. The second-order valence-corrected chi connectivity index (χ2v) is 3.85. The molecular formula is C16H39NO2. The number of rotatable bonds is 12. The molecule has 0 fully saturated rings. The summed E-state index contributed by atoms with van der Waals surface area (Å²) in [6.07, 6.45) is 8.06. The Morgan fingerprint density at radius 2 is 1.37 bits per heavy atom. The molecule has 0 aliphatic rings. The van der Waals surface area contributed by atoms with Crippen molar-refractivity contribution < 1.29 is 9.84 Å². The van der Waals surface area contributed by atoms with Gasteiger partial charge in [0.2, 0.25) is 0 Å². The molecule has 0 radical (unpaired) electrons. The molecule has 3 nitrogen and oxygen atoms in total. The van der Waals surface area contributed by atoms with Gasteiger partial charge in [-0.15, -0.1) is 0 Å². The van der Waals surface area contributed by atoms with Crippen LogP contribution in [-0.4, -0.2) is 38.0 Å². The largest absolute Gasteiger partial charge is 0.394 e. The molecule has 0 aromatic rings. The molecule has 0 unspecified atom stereocenters. The zero-order chi connectivity index (χ0) is 15.2. The van der Waals surface area contributed by atoms with Crippen LogP contribution in [0.1, 0.15) is 73.1 Å². The lowest BCUT2D eigenvalue weighted by Gasteiger charge is -2.05. The number of unbranched alkanes of at least 4 members (excludes halogenated alkanes) is 5. The third-order valence-electron chi connectivity index (χ3n) is 2.37. The van der Waals surface area contributed by atoms with Crippen molar-refractivity contribution in [1.29, 1.82) is 0 Å². The highest BCUT2D eigenvalue weighted by Crippen LogP contribution is 2.03. The van der Waals surface area contributed by atoms with Gasteiger partial charge in [0.15, 0.2) is 0 Å². The van der Waals surface area contributed by atoms with Crippen LogP contribution in [0.25, 0.3) is 0 Å². The van der Waals surface area contributed by atoms with Crippen LogP contribution in [0.4, 0.5) is 0 Å². The molecule has 19 heavy (non-hydrogen) atoms. The van der Waals surface area contributed by atoms with E-state index in [1.54, 1.807) is 0 Å². The van der Waals surface area contributed by atoms with Crippen molar-refractivity contribution >= 4 is 0 Å². The summed E-state index contributed by atoms with van der Waals surface area (Å²) >= 11 is 0. The highest BCUT2D eigenvalue weighted by Gasteiger charge is 1.90. The third kappa shape index (κ3) is 31.9. The maximum atomic E-state index is 8.46. The van der Waals surface area contributed by atoms with Gasteiger partial charge >= 0.3 is 0 Å². The van der Waals surface area contributed by atoms with Crippen LogP contribution in [0.3, 0.4) is 0 Å². The van der Waals surface area contributed by atoms with E-state index in [0.717, 1.165) is 13.1 Å². The molecular weight excluding hydrogens is 238 g/mol. The van der Waals surface area contributed by atoms with Gasteiger partial charge in [-0.2, -0.15) is 0 Å². The summed E-state index contributed by atoms with van der Waals surface area (Å²) in [5.74, 6) is 0. The monoisotopic (exact) mass is 277 g/mol. The lowest BCUT2D eigenvalue weighted by Crippen LogP contribution is -2.21.